The smallest absolute Gasteiger partial charge is 0.309 e. The third-order valence-electron chi connectivity index (χ3n) is 3.54. The van der Waals surface area contributed by atoms with Gasteiger partial charge in [0.1, 0.15) is 0 Å². The molecule has 1 amide bonds. The maximum absolute atomic E-state index is 12.2. The molecule has 0 saturated heterocycles. The molecule has 1 heterocycles. The van der Waals surface area contributed by atoms with Crippen molar-refractivity contribution in [2.45, 2.75) is 45.8 Å². The summed E-state index contributed by atoms with van der Waals surface area (Å²) < 4.78 is 5.04. The Kier molecular flexibility index (Phi) is 6.96. The zero-order valence-corrected chi connectivity index (χ0v) is 14.5. The lowest BCUT2D eigenvalue weighted by Crippen LogP contribution is -2.35. The minimum atomic E-state index is -1.02. The topological polar surface area (TPSA) is 79.7 Å². The van der Waals surface area contributed by atoms with Crippen LogP contribution in [0.25, 0.3) is 0 Å². The van der Waals surface area contributed by atoms with E-state index in [1.54, 1.807) is 25.3 Å². The highest BCUT2D eigenvalue weighted by Crippen LogP contribution is 2.20. The van der Waals surface area contributed by atoms with E-state index in [-0.39, 0.29) is 12.3 Å². The maximum atomic E-state index is 12.2. The summed E-state index contributed by atoms with van der Waals surface area (Å²) in [4.78, 5) is 29.4. The van der Waals surface area contributed by atoms with Gasteiger partial charge in [0.25, 0.3) is 0 Å². The van der Waals surface area contributed by atoms with Gasteiger partial charge in [-0.15, -0.1) is 11.3 Å². The first-order valence-corrected chi connectivity index (χ1v) is 8.08. The predicted octanol–water partition coefficient (Wildman–Crippen LogP) is 2.35. The molecule has 0 saturated carbocycles. The number of rotatable bonds is 8. The molecule has 0 radical (unpaired) electrons. The van der Waals surface area contributed by atoms with Gasteiger partial charge in [0.2, 0.25) is 5.91 Å². The number of aliphatic carboxylic acids is 1. The van der Waals surface area contributed by atoms with E-state index in [0.29, 0.717) is 12.5 Å². The van der Waals surface area contributed by atoms with E-state index in [1.807, 2.05) is 5.38 Å². The number of hydrogen-bond donors (Lipinski definition) is 1. The fourth-order valence-corrected chi connectivity index (χ4v) is 2.78. The van der Waals surface area contributed by atoms with E-state index in [1.165, 1.54) is 12.0 Å². The first kappa shape index (κ1) is 18.6. The number of thiazole rings is 1. The number of carbonyl (C=O) groups excluding carboxylic acids is 1. The number of nitrogens with zero attached hydrogens (tertiary/aromatic N) is 2. The molecular weight excluding hydrogens is 304 g/mol. The number of carboxylic acid groups (broad SMARTS) is 1. The number of carbonyl (C=O) groups is 2. The summed E-state index contributed by atoms with van der Waals surface area (Å²) in [5.41, 5.74) is 0.830. The largest absolute Gasteiger partial charge is 0.481 e. The quantitative estimate of drug-likeness (QED) is 0.792. The average Bonchev–Trinajstić information content (AvgIpc) is 2.91. The van der Waals surface area contributed by atoms with Gasteiger partial charge in [0.05, 0.1) is 29.3 Å². The van der Waals surface area contributed by atoms with Crippen LogP contribution in [0.4, 0.5) is 0 Å². The van der Waals surface area contributed by atoms with Gasteiger partial charge in [0, 0.05) is 31.9 Å². The SMILES string of the molecule is COC(C)[C@H](CC(=O)N(C)Cc1csc(C(C)C)n1)C(=O)O. The highest BCUT2D eigenvalue weighted by atomic mass is 32.1. The lowest BCUT2D eigenvalue weighted by Gasteiger charge is -2.22. The van der Waals surface area contributed by atoms with E-state index >= 15 is 0 Å². The number of hydrogen-bond acceptors (Lipinski definition) is 5. The van der Waals surface area contributed by atoms with Gasteiger partial charge >= 0.3 is 5.97 Å². The summed E-state index contributed by atoms with van der Waals surface area (Å²) in [6.45, 7) is 6.18. The number of ether oxygens (including phenoxy) is 1. The zero-order chi connectivity index (χ0) is 16.9. The Hall–Kier alpha value is -1.47. The van der Waals surface area contributed by atoms with Crippen molar-refractivity contribution in [3.8, 4) is 0 Å². The van der Waals surface area contributed by atoms with Gasteiger partial charge in [-0.3, -0.25) is 9.59 Å². The summed E-state index contributed by atoms with van der Waals surface area (Å²) >= 11 is 1.58. The Morgan fingerprint density at radius 3 is 2.50 bits per heavy atom. The van der Waals surface area contributed by atoms with Crippen molar-refractivity contribution >= 4 is 23.2 Å². The Morgan fingerprint density at radius 1 is 1.41 bits per heavy atom. The summed E-state index contributed by atoms with van der Waals surface area (Å²) in [7, 11) is 3.10. The lowest BCUT2D eigenvalue weighted by atomic mass is 9.99. The molecule has 0 fully saturated rings. The molecule has 7 heteroatoms. The third-order valence-corrected chi connectivity index (χ3v) is 4.73. The molecule has 1 aromatic heterocycles. The third kappa shape index (κ3) is 5.06. The Morgan fingerprint density at radius 2 is 2.05 bits per heavy atom. The second kappa shape index (κ2) is 8.24. The van der Waals surface area contributed by atoms with E-state index in [0.717, 1.165) is 10.7 Å². The van der Waals surface area contributed by atoms with Crippen LogP contribution in [0.15, 0.2) is 5.38 Å². The molecular formula is C15H24N2O4S. The summed E-state index contributed by atoms with van der Waals surface area (Å²) in [6.07, 6.45) is -0.594. The first-order valence-electron chi connectivity index (χ1n) is 7.20. The molecule has 2 atom stereocenters. The van der Waals surface area contributed by atoms with E-state index in [2.05, 4.69) is 18.8 Å². The summed E-state index contributed by atoms with van der Waals surface area (Å²) in [5.74, 6) is -1.73. The van der Waals surface area contributed by atoms with Crippen molar-refractivity contribution in [2.24, 2.45) is 5.92 Å². The Balaban J connectivity index is 2.65. The molecule has 0 aliphatic carbocycles. The monoisotopic (exact) mass is 328 g/mol. The second-order valence-electron chi connectivity index (χ2n) is 5.67. The highest BCUT2D eigenvalue weighted by molar-refractivity contribution is 7.09. The van der Waals surface area contributed by atoms with E-state index in [4.69, 9.17) is 4.74 Å². The molecule has 0 aromatic carbocycles. The average molecular weight is 328 g/mol. The van der Waals surface area contributed by atoms with Crippen molar-refractivity contribution in [1.29, 1.82) is 0 Å². The van der Waals surface area contributed by atoms with Crippen LogP contribution in [0.2, 0.25) is 0 Å². The van der Waals surface area contributed by atoms with Crippen molar-refractivity contribution < 1.29 is 19.4 Å². The van der Waals surface area contributed by atoms with Crippen LogP contribution in [0.5, 0.6) is 0 Å². The molecule has 0 bridgehead atoms. The van der Waals surface area contributed by atoms with Crippen LogP contribution >= 0.6 is 11.3 Å². The van der Waals surface area contributed by atoms with Crippen LogP contribution in [0.1, 0.15) is 43.8 Å². The second-order valence-corrected chi connectivity index (χ2v) is 6.56. The Labute approximate surface area is 135 Å². The molecule has 1 aromatic rings. The normalized spacial score (nSPS) is 13.9. The van der Waals surface area contributed by atoms with Gasteiger partial charge in [-0.2, -0.15) is 0 Å². The Bertz CT molecular complexity index is 515. The fourth-order valence-electron chi connectivity index (χ4n) is 1.95. The van der Waals surface area contributed by atoms with Crippen LogP contribution in [-0.2, 0) is 20.9 Å². The van der Waals surface area contributed by atoms with Gasteiger partial charge in [-0.25, -0.2) is 4.98 Å². The summed E-state index contributed by atoms with van der Waals surface area (Å²) in [5, 5.41) is 12.2. The van der Waals surface area contributed by atoms with Crippen LogP contribution in [0, 0.1) is 5.92 Å². The lowest BCUT2D eigenvalue weighted by molar-refractivity contribution is -0.150. The van der Waals surface area contributed by atoms with Crippen molar-refractivity contribution in [3.05, 3.63) is 16.1 Å². The minimum Gasteiger partial charge on any atom is -0.481 e. The molecule has 22 heavy (non-hydrogen) atoms. The number of aromatic nitrogens is 1. The van der Waals surface area contributed by atoms with Gasteiger partial charge in [-0.1, -0.05) is 13.8 Å². The van der Waals surface area contributed by atoms with E-state index in [9.17, 15) is 14.7 Å². The molecule has 124 valence electrons. The molecule has 6 nitrogen and oxygen atoms in total. The van der Waals surface area contributed by atoms with Crippen LogP contribution in [0.3, 0.4) is 0 Å². The van der Waals surface area contributed by atoms with E-state index < -0.39 is 18.0 Å². The molecule has 1 N–H and O–H groups in total. The van der Waals surface area contributed by atoms with Crippen LogP contribution in [-0.4, -0.2) is 47.1 Å². The maximum Gasteiger partial charge on any atom is 0.309 e. The number of methoxy groups -OCH3 is 1. The highest BCUT2D eigenvalue weighted by Gasteiger charge is 2.28. The predicted molar refractivity (Wildman–Crippen MR) is 84.9 cm³/mol. The minimum absolute atomic E-state index is 0.0813. The van der Waals surface area contributed by atoms with Gasteiger partial charge in [-0.05, 0) is 6.92 Å². The standard InChI is InChI=1S/C15H24N2O4S/c1-9(2)14-16-11(8-22-14)7-17(4)13(18)6-12(15(19)20)10(3)21-5/h8-10,12H,6-7H2,1-5H3,(H,19,20)/t10?,12-/m0/s1. The zero-order valence-electron chi connectivity index (χ0n) is 13.7. The first-order chi connectivity index (χ1) is 10.3. The number of amides is 1. The summed E-state index contributed by atoms with van der Waals surface area (Å²) in [6, 6.07) is 0. The van der Waals surface area contributed by atoms with Crippen molar-refractivity contribution in [1.82, 2.24) is 9.88 Å². The molecule has 1 unspecified atom stereocenters. The fraction of sp³-hybridized carbons (Fsp3) is 0.667. The van der Waals surface area contributed by atoms with Crippen molar-refractivity contribution in [2.75, 3.05) is 14.2 Å². The molecule has 0 spiro atoms. The van der Waals surface area contributed by atoms with Gasteiger partial charge < -0.3 is 14.7 Å². The molecule has 0 aliphatic heterocycles. The van der Waals surface area contributed by atoms with Gasteiger partial charge in [0.15, 0.2) is 0 Å². The molecule has 0 aliphatic rings. The van der Waals surface area contributed by atoms with Crippen molar-refractivity contribution in [3.63, 3.8) is 0 Å². The van der Waals surface area contributed by atoms with Crippen LogP contribution < -0.4 is 0 Å². The number of carboxylic acids is 1. The molecule has 1 rings (SSSR count).